The Bertz CT molecular complexity index is 547. The van der Waals surface area contributed by atoms with Gasteiger partial charge in [-0.25, -0.2) is 0 Å². The Morgan fingerprint density at radius 1 is 1.48 bits per heavy atom. The van der Waals surface area contributed by atoms with Crippen molar-refractivity contribution >= 4 is 17.7 Å². The number of carbonyl (C=O) groups is 1. The highest BCUT2D eigenvalue weighted by Crippen LogP contribution is 2.28. The molecule has 2 rings (SSSR count). The van der Waals surface area contributed by atoms with Crippen LogP contribution in [0.1, 0.15) is 41.6 Å². The van der Waals surface area contributed by atoms with Crippen LogP contribution in [0.5, 0.6) is 0 Å². The third-order valence-corrected chi connectivity index (χ3v) is 4.84. The van der Waals surface area contributed by atoms with Gasteiger partial charge >= 0.3 is 0 Å². The number of hydrogen-bond donors (Lipinski definition) is 2. The van der Waals surface area contributed by atoms with Crippen molar-refractivity contribution in [1.82, 2.24) is 5.32 Å². The molecule has 0 spiro atoms. The van der Waals surface area contributed by atoms with Crippen molar-refractivity contribution in [3.05, 3.63) is 35.4 Å². The number of aliphatic hydroxyl groups is 1. The zero-order valence-corrected chi connectivity index (χ0v) is 13.1. The molecule has 112 valence electrons. The van der Waals surface area contributed by atoms with Gasteiger partial charge in [0, 0.05) is 28.8 Å². The molecule has 1 aliphatic rings. The van der Waals surface area contributed by atoms with Gasteiger partial charge in [0.25, 0.3) is 5.91 Å². The lowest BCUT2D eigenvalue weighted by molar-refractivity contribution is 0.0938. The van der Waals surface area contributed by atoms with Crippen molar-refractivity contribution in [2.75, 3.05) is 12.9 Å². The van der Waals surface area contributed by atoms with Crippen molar-refractivity contribution in [2.45, 2.75) is 37.0 Å². The highest BCUT2D eigenvalue weighted by molar-refractivity contribution is 7.99. The van der Waals surface area contributed by atoms with E-state index in [9.17, 15) is 4.79 Å². The first-order valence-electron chi connectivity index (χ1n) is 7.28. The molecule has 0 saturated heterocycles. The predicted octanol–water partition coefficient (Wildman–Crippen LogP) is 2.43. The van der Waals surface area contributed by atoms with Crippen LogP contribution in [-0.4, -0.2) is 35.2 Å². The molecule has 0 aliphatic heterocycles. The minimum atomic E-state index is -0.0215. The number of rotatable bonds is 4. The van der Waals surface area contributed by atoms with E-state index < -0.39 is 0 Å². The molecule has 1 aromatic carbocycles. The number of amides is 1. The summed E-state index contributed by atoms with van der Waals surface area (Å²) >= 11 is 1.83. The summed E-state index contributed by atoms with van der Waals surface area (Å²) in [5, 5.41) is 12.4. The Labute approximate surface area is 130 Å². The Balaban J connectivity index is 2.02. The second-order valence-electron chi connectivity index (χ2n) is 5.14. The fraction of sp³-hybridized carbons (Fsp3) is 0.471. The molecule has 3 nitrogen and oxygen atoms in total. The normalized spacial score (nSPS) is 20.7. The van der Waals surface area contributed by atoms with Gasteiger partial charge in [0.1, 0.15) is 0 Å². The van der Waals surface area contributed by atoms with E-state index in [1.807, 2.05) is 36.0 Å². The number of benzene rings is 1. The van der Waals surface area contributed by atoms with E-state index >= 15 is 0 Å². The van der Waals surface area contributed by atoms with Crippen molar-refractivity contribution in [3.8, 4) is 11.8 Å². The van der Waals surface area contributed by atoms with E-state index in [-0.39, 0.29) is 18.6 Å². The van der Waals surface area contributed by atoms with Gasteiger partial charge in [-0.3, -0.25) is 4.79 Å². The molecule has 0 radical (unpaired) electrons. The summed E-state index contributed by atoms with van der Waals surface area (Å²) in [4.78, 5) is 12.3. The fourth-order valence-electron chi connectivity index (χ4n) is 2.58. The molecule has 1 amide bonds. The molecule has 0 heterocycles. The second kappa shape index (κ2) is 8.11. The van der Waals surface area contributed by atoms with E-state index in [4.69, 9.17) is 5.11 Å². The lowest BCUT2D eigenvalue weighted by Gasteiger charge is -2.19. The maximum Gasteiger partial charge on any atom is 0.251 e. The van der Waals surface area contributed by atoms with E-state index in [1.54, 1.807) is 0 Å². The van der Waals surface area contributed by atoms with Crippen LogP contribution in [0.15, 0.2) is 24.3 Å². The number of hydrogen-bond acceptors (Lipinski definition) is 3. The predicted molar refractivity (Wildman–Crippen MR) is 87.4 cm³/mol. The molecule has 0 bridgehead atoms. The molecule has 4 heteroatoms. The average molecular weight is 303 g/mol. The van der Waals surface area contributed by atoms with Gasteiger partial charge in [-0.1, -0.05) is 24.3 Å². The van der Waals surface area contributed by atoms with Crippen molar-refractivity contribution in [1.29, 1.82) is 0 Å². The molecule has 0 aromatic heterocycles. The van der Waals surface area contributed by atoms with Gasteiger partial charge in [0.15, 0.2) is 0 Å². The van der Waals surface area contributed by atoms with Crippen molar-refractivity contribution < 1.29 is 9.90 Å². The summed E-state index contributed by atoms with van der Waals surface area (Å²) in [6.45, 7) is 0.0604. The van der Waals surface area contributed by atoms with Crippen LogP contribution in [0.25, 0.3) is 0 Å². The monoisotopic (exact) mass is 303 g/mol. The minimum absolute atomic E-state index is 0.0215. The summed E-state index contributed by atoms with van der Waals surface area (Å²) < 4.78 is 0. The smallest absolute Gasteiger partial charge is 0.251 e. The Morgan fingerprint density at radius 3 is 3.10 bits per heavy atom. The standard InChI is InChI=1S/C17H21NO2S/c1-21-16-10-5-9-15(16)18-17(20)14-8-4-7-13(12-14)6-2-3-11-19/h4,7-8,12,15-16,19H,3,5,9-11H2,1H3,(H,18,20). The first-order valence-corrected chi connectivity index (χ1v) is 8.57. The highest BCUT2D eigenvalue weighted by Gasteiger charge is 2.27. The van der Waals surface area contributed by atoms with Crippen molar-refractivity contribution in [3.63, 3.8) is 0 Å². The average Bonchev–Trinajstić information content (AvgIpc) is 2.95. The molecule has 1 fully saturated rings. The van der Waals surface area contributed by atoms with E-state index in [0.29, 0.717) is 17.2 Å². The van der Waals surface area contributed by atoms with Gasteiger partial charge in [0.05, 0.1) is 6.61 Å². The summed E-state index contributed by atoms with van der Waals surface area (Å²) in [6.07, 6.45) is 5.98. The second-order valence-corrected chi connectivity index (χ2v) is 6.22. The van der Waals surface area contributed by atoms with Crippen molar-refractivity contribution in [2.24, 2.45) is 0 Å². The van der Waals surface area contributed by atoms with Crippen LogP contribution in [-0.2, 0) is 0 Å². The number of aliphatic hydroxyl groups excluding tert-OH is 1. The third-order valence-electron chi connectivity index (χ3n) is 3.67. The van der Waals surface area contributed by atoms with Crippen LogP contribution >= 0.6 is 11.8 Å². The van der Waals surface area contributed by atoms with Crippen LogP contribution in [0.2, 0.25) is 0 Å². The van der Waals surface area contributed by atoms with Gasteiger partial charge in [-0.15, -0.1) is 0 Å². The lowest BCUT2D eigenvalue weighted by Crippen LogP contribution is -2.38. The maximum atomic E-state index is 12.3. The van der Waals surface area contributed by atoms with Crippen LogP contribution in [0, 0.1) is 11.8 Å². The summed E-state index contributed by atoms with van der Waals surface area (Å²) in [5.74, 6) is 5.81. The van der Waals surface area contributed by atoms with Crippen LogP contribution < -0.4 is 5.32 Å². The number of nitrogens with one attached hydrogen (secondary N) is 1. The molecular weight excluding hydrogens is 282 g/mol. The molecule has 1 aromatic rings. The topological polar surface area (TPSA) is 49.3 Å². The van der Waals surface area contributed by atoms with Crippen LogP contribution in [0.4, 0.5) is 0 Å². The fourth-order valence-corrected chi connectivity index (χ4v) is 3.52. The summed E-state index contributed by atoms with van der Waals surface area (Å²) in [7, 11) is 0. The molecule has 2 N–H and O–H groups in total. The molecular formula is C17H21NO2S. The summed E-state index contributed by atoms with van der Waals surface area (Å²) in [5.41, 5.74) is 1.46. The van der Waals surface area contributed by atoms with E-state index in [1.165, 1.54) is 12.8 Å². The zero-order valence-electron chi connectivity index (χ0n) is 12.3. The van der Waals surface area contributed by atoms with Gasteiger partial charge in [0.2, 0.25) is 0 Å². The van der Waals surface area contributed by atoms with E-state index in [0.717, 1.165) is 12.0 Å². The number of thioether (sulfide) groups is 1. The Kier molecular flexibility index (Phi) is 6.16. The minimum Gasteiger partial charge on any atom is -0.395 e. The third kappa shape index (κ3) is 4.52. The maximum absolute atomic E-state index is 12.3. The molecule has 21 heavy (non-hydrogen) atoms. The quantitative estimate of drug-likeness (QED) is 0.840. The molecule has 2 unspecified atom stereocenters. The largest absolute Gasteiger partial charge is 0.395 e. The molecule has 2 atom stereocenters. The van der Waals surface area contributed by atoms with E-state index in [2.05, 4.69) is 23.4 Å². The first kappa shape index (κ1) is 15.9. The Hall–Kier alpha value is -1.44. The highest BCUT2D eigenvalue weighted by atomic mass is 32.2. The summed E-state index contributed by atoms with van der Waals surface area (Å²) in [6, 6.07) is 7.62. The number of carbonyl (C=O) groups excluding carboxylic acids is 1. The molecule has 1 saturated carbocycles. The molecule has 1 aliphatic carbocycles. The zero-order chi connectivity index (χ0) is 15.1. The van der Waals surface area contributed by atoms with Gasteiger partial charge in [-0.2, -0.15) is 11.8 Å². The van der Waals surface area contributed by atoms with Crippen LogP contribution in [0.3, 0.4) is 0 Å². The SMILES string of the molecule is CSC1CCCC1NC(=O)c1cccc(C#CCCO)c1. The van der Waals surface area contributed by atoms with Gasteiger partial charge < -0.3 is 10.4 Å². The first-order chi connectivity index (χ1) is 10.2. The Morgan fingerprint density at radius 2 is 2.33 bits per heavy atom. The lowest BCUT2D eigenvalue weighted by atomic mass is 10.1. The van der Waals surface area contributed by atoms with Gasteiger partial charge in [-0.05, 0) is 37.3 Å².